The molecule has 189 valence electrons. The second-order valence-corrected chi connectivity index (χ2v) is 8.62. The van der Waals surface area contributed by atoms with Crippen LogP contribution in [-0.2, 0) is 30.2 Å². The average molecular weight is 640 g/mol. The van der Waals surface area contributed by atoms with E-state index < -0.39 is 0 Å². The molecule has 0 unspecified atom stereocenters. The maximum absolute atomic E-state index is 5.20. The smallest absolute Gasteiger partial charge is 1.00 e. The van der Waals surface area contributed by atoms with Crippen LogP contribution in [0.3, 0.4) is 0 Å². The number of hydrogen-bond donors (Lipinski definition) is 0. The second-order valence-electron chi connectivity index (χ2n) is 8.62. The van der Waals surface area contributed by atoms with Crippen molar-refractivity contribution in [2.24, 2.45) is 0 Å². The quantitative estimate of drug-likeness (QED) is 0.232. The Morgan fingerprint density at radius 3 is 1.47 bits per heavy atom. The molecule has 4 nitrogen and oxygen atoms in total. The van der Waals surface area contributed by atoms with Gasteiger partial charge in [0.25, 0.3) is 0 Å². The average Bonchev–Trinajstić information content (AvgIpc) is 3.35. The summed E-state index contributed by atoms with van der Waals surface area (Å²) >= 11 is 0. The molecule has 2 aromatic heterocycles. The first-order chi connectivity index (χ1) is 15.3. The molecule has 0 fully saturated rings. The van der Waals surface area contributed by atoms with Gasteiger partial charge in [0.05, 0.1) is 28.0 Å². The number of halogens is 2. The monoisotopic (exact) mass is 637 g/mol. The normalized spacial score (nSPS) is 10.8. The zero-order chi connectivity index (χ0) is 21.6. The molecule has 2 heterocycles. The number of nitrogens with zero attached hydrogens (tertiary/aromatic N) is 4. The van der Waals surface area contributed by atoms with Gasteiger partial charge in [-0.25, -0.2) is 9.97 Å². The Kier molecular flexibility index (Phi) is 13.7. The van der Waals surface area contributed by atoms with E-state index in [0.29, 0.717) is 0 Å². The number of rotatable bonds is 11. The Labute approximate surface area is 235 Å². The minimum Gasteiger partial charge on any atom is -1.00 e. The van der Waals surface area contributed by atoms with Gasteiger partial charge in [-0.05, 0) is 43.5 Å². The summed E-state index contributed by atoms with van der Waals surface area (Å²) in [6.07, 6.45) is 8.14. The first-order valence-electron chi connectivity index (χ1n) is 12.2. The number of hydrogen-bond acceptors (Lipinski definition) is 2. The van der Waals surface area contributed by atoms with Crippen LogP contribution in [0.4, 0.5) is 0 Å². The van der Waals surface area contributed by atoms with Gasteiger partial charge in [-0.15, -0.1) is 0 Å². The third kappa shape index (κ3) is 6.54. The fraction of sp³-hybridized carbons (Fsp3) is 0.481. The maximum Gasteiger partial charge on any atom is 2.00 e. The maximum atomic E-state index is 5.20. The van der Waals surface area contributed by atoms with Crippen LogP contribution in [0.15, 0.2) is 48.5 Å². The molecule has 0 saturated carbocycles. The van der Waals surface area contributed by atoms with E-state index in [1.165, 1.54) is 61.2 Å². The molecule has 4 aromatic rings. The van der Waals surface area contributed by atoms with Crippen LogP contribution >= 0.6 is 0 Å². The standard InChI is InChI=1S/C27H36N4.2BrH.Cu/c1-4-7-14-21(26-28-22-15-10-12-17-24(22)30(26)19-8-5-2)27-29-23-16-11-13-18-25(23)31(27)20-9-6-3;;;/h10-13,15-18,21H,4-9,14,19-20H2,1-3H3;2*1H;/q;;;+2/p-2. The largest absolute Gasteiger partial charge is 2.00 e. The Bertz CT molecular complexity index is 1050. The first-order valence-corrected chi connectivity index (χ1v) is 12.2. The first kappa shape index (κ1) is 30.9. The molecule has 4 rings (SSSR count). The summed E-state index contributed by atoms with van der Waals surface area (Å²) in [6.45, 7) is 8.83. The minimum absolute atomic E-state index is 0. The van der Waals surface area contributed by atoms with E-state index in [-0.39, 0.29) is 56.9 Å². The van der Waals surface area contributed by atoms with Gasteiger partial charge in [0.15, 0.2) is 0 Å². The predicted molar refractivity (Wildman–Crippen MR) is 131 cm³/mol. The summed E-state index contributed by atoms with van der Waals surface area (Å²) in [5.74, 6) is 2.60. The van der Waals surface area contributed by atoms with E-state index in [9.17, 15) is 0 Å². The number of aromatic nitrogens is 4. The van der Waals surface area contributed by atoms with Gasteiger partial charge in [0, 0.05) is 13.1 Å². The van der Waals surface area contributed by atoms with Gasteiger partial charge >= 0.3 is 17.1 Å². The Morgan fingerprint density at radius 1 is 0.647 bits per heavy atom. The summed E-state index contributed by atoms with van der Waals surface area (Å²) in [7, 11) is 0. The van der Waals surface area contributed by atoms with Crippen molar-refractivity contribution >= 4 is 22.1 Å². The Hall–Kier alpha value is -1.14. The van der Waals surface area contributed by atoms with Crippen LogP contribution in [0, 0.1) is 0 Å². The van der Waals surface area contributed by atoms with E-state index in [0.717, 1.165) is 30.5 Å². The van der Waals surface area contributed by atoms with E-state index in [4.69, 9.17) is 9.97 Å². The SMILES string of the molecule is CCCCC(c1nc2ccccc2n1CCCC)c1nc2ccccc2n1CCCC.[Br-].[Br-].[Cu+2]. The third-order valence-electron chi connectivity index (χ3n) is 6.31. The van der Waals surface area contributed by atoms with Gasteiger partial charge in [0.2, 0.25) is 0 Å². The molecule has 2 aromatic carbocycles. The van der Waals surface area contributed by atoms with E-state index in [1.807, 2.05) is 0 Å². The molecule has 0 aliphatic carbocycles. The predicted octanol–water partition coefficient (Wildman–Crippen LogP) is 1.31. The van der Waals surface area contributed by atoms with E-state index in [1.54, 1.807) is 0 Å². The fourth-order valence-electron chi connectivity index (χ4n) is 4.60. The summed E-state index contributed by atoms with van der Waals surface area (Å²) < 4.78 is 4.95. The number of unbranched alkanes of at least 4 members (excludes halogenated alkanes) is 3. The molecular weight excluding hydrogens is 604 g/mol. The Morgan fingerprint density at radius 2 is 1.06 bits per heavy atom. The van der Waals surface area contributed by atoms with Crippen LogP contribution < -0.4 is 34.0 Å². The minimum atomic E-state index is 0. The van der Waals surface area contributed by atoms with Crippen LogP contribution in [0.1, 0.15) is 83.3 Å². The van der Waals surface area contributed by atoms with Crippen LogP contribution in [0.5, 0.6) is 0 Å². The molecule has 0 aliphatic rings. The molecular formula is C27H36Br2CuN4. The molecule has 0 N–H and O–H groups in total. The Balaban J connectivity index is 0.00000193. The summed E-state index contributed by atoms with van der Waals surface area (Å²) in [5.41, 5.74) is 4.71. The van der Waals surface area contributed by atoms with Crippen molar-refractivity contribution in [2.75, 3.05) is 0 Å². The molecule has 0 bridgehead atoms. The van der Waals surface area contributed by atoms with E-state index in [2.05, 4.69) is 78.4 Å². The van der Waals surface area contributed by atoms with Gasteiger partial charge in [-0.2, -0.15) is 0 Å². The van der Waals surface area contributed by atoms with Gasteiger partial charge < -0.3 is 43.1 Å². The van der Waals surface area contributed by atoms with Crippen molar-refractivity contribution in [3.63, 3.8) is 0 Å². The zero-order valence-corrected chi connectivity index (χ0v) is 24.5. The summed E-state index contributed by atoms with van der Waals surface area (Å²) in [6, 6.07) is 17.2. The van der Waals surface area contributed by atoms with Crippen molar-refractivity contribution in [2.45, 2.75) is 84.7 Å². The van der Waals surface area contributed by atoms with Crippen molar-refractivity contribution in [1.29, 1.82) is 0 Å². The van der Waals surface area contributed by atoms with Crippen molar-refractivity contribution in [1.82, 2.24) is 19.1 Å². The second kappa shape index (κ2) is 15.1. The number of para-hydroxylation sites is 4. The molecule has 0 saturated heterocycles. The summed E-state index contributed by atoms with van der Waals surface area (Å²) in [4.78, 5) is 10.4. The molecule has 0 aliphatic heterocycles. The molecule has 0 spiro atoms. The molecule has 34 heavy (non-hydrogen) atoms. The van der Waals surface area contributed by atoms with E-state index >= 15 is 0 Å². The third-order valence-corrected chi connectivity index (χ3v) is 6.31. The number of imidazole rings is 2. The zero-order valence-electron chi connectivity index (χ0n) is 20.4. The number of fused-ring (bicyclic) bond motifs is 2. The molecule has 7 heteroatoms. The van der Waals surface area contributed by atoms with Crippen molar-refractivity contribution in [3.8, 4) is 0 Å². The van der Waals surface area contributed by atoms with Crippen LogP contribution in [0.25, 0.3) is 22.1 Å². The summed E-state index contributed by atoms with van der Waals surface area (Å²) in [5, 5.41) is 0. The van der Waals surface area contributed by atoms with Gasteiger partial charge in [0.1, 0.15) is 11.6 Å². The van der Waals surface area contributed by atoms with Crippen LogP contribution in [0.2, 0.25) is 0 Å². The van der Waals surface area contributed by atoms with Gasteiger partial charge in [-0.3, -0.25) is 0 Å². The molecule has 1 radical (unpaired) electrons. The van der Waals surface area contributed by atoms with Crippen LogP contribution in [-0.4, -0.2) is 19.1 Å². The molecule has 0 atom stereocenters. The number of aryl methyl sites for hydroxylation is 2. The topological polar surface area (TPSA) is 35.6 Å². The molecule has 0 amide bonds. The fourth-order valence-corrected chi connectivity index (χ4v) is 4.60. The van der Waals surface area contributed by atoms with Gasteiger partial charge in [-0.1, -0.05) is 70.7 Å². The van der Waals surface area contributed by atoms with Crippen molar-refractivity contribution in [3.05, 3.63) is 60.2 Å². The van der Waals surface area contributed by atoms with Crippen molar-refractivity contribution < 1.29 is 51.0 Å². The number of benzene rings is 2.